The van der Waals surface area contributed by atoms with Crippen molar-refractivity contribution in [2.45, 2.75) is 25.5 Å². The molecule has 1 fully saturated rings. The highest BCUT2D eigenvalue weighted by molar-refractivity contribution is 9.10. The minimum absolute atomic E-state index is 0.0465. The third-order valence-electron chi connectivity index (χ3n) is 5.40. The number of aliphatic hydroxyl groups excluding tert-OH is 1. The van der Waals surface area contributed by atoms with E-state index in [1.165, 1.54) is 16.2 Å². The summed E-state index contributed by atoms with van der Waals surface area (Å²) < 4.78 is 6.54. The number of aromatic nitrogens is 1. The fourth-order valence-corrected chi connectivity index (χ4v) is 5.17. The highest BCUT2D eigenvalue weighted by Crippen LogP contribution is 2.43. The maximum atomic E-state index is 13.1. The average molecular weight is 497 g/mol. The topological polar surface area (TPSA) is 79.7 Å². The lowest BCUT2D eigenvalue weighted by Crippen LogP contribution is -2.29. The summed E-state index contributed by atoms with van der Waals surface area (Å²) in [7, 11) is 0. The highest BCUT2D eigenvalue weighted by Gasteiger charge is 2.48. The van der Waals surface area contributed by atoms with Crippen LogP contribution in [0.4, 0.5) is 5.13 Å². The molecule has 0 radical (unpaired) electrons. The summed E-state index contributed by atoms with van der Waals surface area (Å²) in [6, 6.07) is 11.9. The summed E-state index contributed by atoms with van der Waals surface area (Å²) in [6.07, 6.45) is 2.36. The molecule has 31 heavy (non-hydrogen) atoms. The molecule has 0 aliphatic carbocycles. The normalized spacial score (nSPS) is 21.9. The molecule has 2 atom stereocenters. The number of hydrogen-bond donors (Lipinski definition) is 1. The van der Waals surface area contributed by atoms with Crippen molar-refractivity contribution >= 4 is 49.8 Å². The molecule has 0 spiro atoms. The van der Waals surface area contributed by atoms with Gasteiger partial charge >= 0.3 is 5.91 Å². The first-order valence-corrected chi connectivity index (χ1v) is 11.4. The highest BCUT2D eigenvalue weighted by atomic mass is 79.9. The van der Waals surface area contributed by atoms with Crippen molar-refractivity contribution in [3.8, 4) is 5.75 Å². The molecule has 1 saturated heterocycles. The van der Waals surface area contributed by atoms with E-state index in [4.69, 9.17) is 4.74 Å². The van der Waals surface area contributed by atoms with E-state index < -0.39 is 17.7 Å². The SMILES string of the molecule is C[C@@H]1Cc2cc(C(O)=C3C(=O)C(=O)N(c4nccs4)[C@@H]3c3cccc(Br)c3)ccc2O1. The molecule has 5 rings (SSSR count). The smallest absolute Gasteiger partial charge is 0.301 e. The van der Waals surface area contributed by atoms with E-state index in [1.54, 1.807) is 23.7 Å². The second kappa shape index (κ2) is 7.62. The summed E-state index contributed by atoms with van der Waals surface area (Å²) in [5, 5.41) is 13.4. The van der Waals surface area contributed by atoms with Gasteiger partial charge in [0.1, 0.15) is 17.6 Å². The van der Waals surface area contributed by atoms with Crippen molar-refractivity contribution in [2.24, 2.45) is 0 Å². The van der Waals surface area contributed by atoms with Gasteiger partial charge in [-0.15, -0.1) is 11.3 Å². The number of carbonyl (C=O) groups is 2. The molecule has 1 aromatic heterocycles. The van der Waals surface area contributed by atoms with Gasteiger partial charge in [-0.1, -0.05) is 28.1 Å². The largest absolute Gasteiger partial charge is 0.507 e. The van der Waals surface area contributed by atoms with Gasteiger partial charge in [-0.3, -0.25) is 14.5 Å². The van der Waals surface area contributed by atoms with Gasteiger partial charge in [-0.2, -0.15) is 0 Å². The maximum Gasteiger partial charge on any atom is 0.301 e. The summed E-state index contributed by atoms with van der Waals surface area (Å²) in [5.74, 6) is -0.872. The third kappa shape index (κ3) is 3.36. The molecule has 1 N–H and O–H groups in total. The van der Waals surface area contributed by atoms with Crippen molar-refractivity contribution in [3.05, 3.63) is 80.8 Å². The minimum Gasteiger partial charge on any atom is -0.507 e. The number of benzene rings is 2. The standard InChI is InChI=1S/C23H17BrN2O4S/c1-12-9-15-10-14(5-6-17(15)30-12)20(27)18-19(13-3-2-4-16(24)11-13)26(22(29)21(18)28)23-25-7-8-31-23/h2-8,10-12,19,27H,9H2,1H3/t12-,19-/m1/s1. The van der Waals surface area contributed by atoms with Crippen molar-refractivity contribution in [3.63, 3.8) is 0 Å². The van der Waals surface area contributed by atoms with Gasteiger partial charge in [0.05, 0.1) is 11.6 Å². The Morgan fingerprint density at radius 3 is 2.84 bits per heavy atom. The summed E-state index contributed by atoms with van der Waals surface area (Å²) in [4.78, 5) is 31.7. The number of thiazole rings is 1. The molecule has 1 amide bonds. The van der Waals surface area contributed by atoms with Crippen LogP contribution in [-0.4, -0.2) is 27.9 Å². The second-order valence-corrected chi connectivity index (χ2v) is 9.28. The first kappa shape index (κ1) is 20.0. The molecular formula is C23H17BrN2O4S. The predicted octanol–water partition coefficient (Wildman–Crippen LogP) is 4.86. The van der Waals surface area contributed by atoms with Gasteiger partial charge in [0.15, 0.2) is 5.13 Å². The number of ketones is 1. The molecule has 6 nitrogen and oxygen atoms in total. The van der Waals surface area contributed by atoms with Gasteiger partial charge in [0.25, 0.3) is 5.78 Å². The van der Waals surface area contributed by atoms with E-state index in [2.05, 4.69) is 20.9 Å². The molecule has 0 unspecified atom stereocenters. The number of hydrogen-bond acceptors (Lipinski definition) is 6. The number of aliphatic hydroxyl groups is 1. The Balaban J connectivity index is 1.69. The monoisotopic (exact) mass is 496 g/mol. The number of amides is 1. The molecule has 3 aromatic rings. The first-order valence-electron chi connectivity index (χ1n) is 9.70. The zero-order valence-electron chi connectivity index (χ0n) is 16.4. The van der Waals surface area contributed by atoms with E-state index in [9.17, 15) is 14.7 Å². The van der Waals surface area contributed by atoms with Crippen LogP contribution >= 0.6 is 27.3 Å². The van der Waals surface area contributed by atoms with Crippen molar-refractivity contribution in [1.29, 1.82) is 0 Å². The van der Waals surface area contributed by atoms with Crippen LogP contribution in [0.5, 0.6) is 5.75 Å². The van der Waals surface area contributed by atoms with Crippen LogP contribution in [0.1, 0.15) is 29.7 Å². The van der Waals surface area contributed by atoms with E-state index in [-0.39, 0.29) is 17.4 Å². The average Bonchev–Trinajstić information content (AvgIpc) is 3.45. The van der Waals surface area contributed by atoms with E-state index in [0.29, 0.717) is 16.3 Å². The number of nitrogens with zero attached hydrogens (tertiary/aromatic N) is 2. The van der Waals surface area contributed by atoms with Crippen molar-refractivity contribution in [1.82, 2.24) is 4.98 Å². The molecule has 3 heterocycles. The Morgan fingerprint density at radius 2 is 2.10 bits per heavy atom. The lowest BCUT2D eigenvalue weighted by Gasteiger charge is -2.23. The summed E-state index contributed by atoms with van der Waals surface area (Å²) >= 11 is 4.72. The van der Waals surface area contributed by atoms with Crippen LogP contribution < -0.4 is 9.64 Å². The summed E-state index contributed by atoms with van der Waals surface area (Å²) in [5.41, 5.74) is 2.19. The molecular weight excluding hydrogens is 480 g/mol. The Morgan fingerprint density at radius 1 is 1.26 bits per heavy atom. The van der Waals surface area contributed by atoms with Crippen molar-refractivity contribution < 1.29 is 19.4 Å². The maximum absolute atomic E-state index is 13.1. The first-order chi connectivity index (χ1) is 14.9. The van der Waals surface area contributed by atoms with Crippen LogP contribution in [0, 0.1) is 0 Å². The van der Waals surface area contributed by atoms with Crippen LogP contribution in [0.2, 0.25) is 0 Å². The van der Waals surface area contributed by atoms with Crippen molar-refractivity contribution in [2.75, 3.05) is 4.90 Å². The lowest BCUT2D eigenvalue weighted by atomic mass is 9.94. The molecule has 2 aliphatic rings. The van der Waals surface area contributed by atoms with E-state index >= 15 is 0 Å². The van der Waals surface area contributed by atoms with Gasteiger partial charge in [-0.05, 0) is 48.4 Å². The third-order valence-corrected chi connectivity index (χ3v) is 6.67. The number of carbonyl (C=O) groups excluding carboxylic acids is 2. The number of anilines is 1. The fraction of sp³-hybridized carbons (Fsp3) is 0.174. The van der Waals surface area contributed by atoms with E-state index in [1.807, 2.05) is 37.3 Å². The molecule has 0 bridgehead atoms. The quantitative estimate of drug-likeness (QED) is 0.318. The number of ether oxygens (including phenoxy) is 1. The Hall–Kier alpha value is -2.97. The number of halogens is 1. The number of Topliss-reactive ketones (excluding diaryl/α,β-unsaturated/α-hetero) is 1. The molecule has 8 heteroatoms. The van der Waals surface area contributed by atoms with Crippen LogP contribution in [-0.2, 0) is 16.0 Å². The molecule has 156 valence electrons. The fourth-order valence-electron chi connectivity index (χ4n) is 4.08. The van der Waals surface area contributed by atoms with Gasteiger partial charge < -0.3 is 9.84 Å². The van der Waals surface area contributed by atoms with Gasteiger partial charge in [-0.25, -0.2) is 4.98 Å². The Bertz CT molecular complexity index is 1240. The minimum atomic E-state index is -0.785. The zero-order valence-corrected chi connectivity index (χ0v) is 18.8. The van der Waals surface area contributed by atoms with E-state index in [0.717, 1.165) is 22.2 Å². The molecule has 2 aliphatic heterocycles. The number of rotatable bonds is 3. The van der Waals surface area contributed by atoms with Gasteiger partial charge in [0.2, 0.25) is 0 Å². The molecule has 2 aromatic carbocycles. The van der Waals surface area contributed by atoms with Gasteiger partial charge in [0, 0.05) is 28.0 Å². The van der Waals surface area contributed by atoms with Crippen LogP contribution in [0.15, 0.2) is 64.1 Å². The Labute approximate surface area is 190 Å². The Kier molecular flexibility index (Phi) is 4.91. The second-order valence-electron chi connectivity index (χ2n) is 7.49. The number of fused-ring (bicyclic) bond motifs is 1. The summed E-state index contributed by atoms with van der Waals surface area (Å²) in [6.45, 7) is 1.98. The van der Waals surface area contributed by atoms with Crippen LogP contribution in [0.3, 0.4) is 0 Å². The molecule has 0 saturated carbocycles. The lowest BCUT2D eigenvalue weighted by molar-refractivity contribution is -0.132. The zero-order chi connectivity index (χ0) is 21.7. The van der Waals surface area contributed by atoms with Crippen LogP contribution in [0.25, 0.3) is 5.76 Å². The predicted molar refractivity (Wildman–Crippen MR) is 121 cm³/mol.